The van der Waals surface area contributed by atoms with Gasteiger partial charge in [0, 0.05) is 17.5 Å². The Kier molecular flexibility index (Phi) is 4.57. The minimum Gasteiger partial charge on any atom is -0.375 e. The number of para-hydroxylation sites is 1. The molecule has 1 heterocycles. The molecule has 142 valence electrons. The summed E-state index contributed by atoms with van der Waals surface area (Å²) in [6, 6.07) is 7.90. The van der Waals surface area contributed by atoms with Gasteiger partial charge in [-0.3, -0.25) is 10.1 Å². The van der Waals surface area contributed by atoms with Gasteiger partial charge in [-0.25, -0.2) is 4.68 Å². The van der Waals surface area contributed by atoms with E-state index in [9.17, 15) is 28.4 Å². The van der Waals surface area contributed by atoms with E-state index < -0.39 is 22.4 Å². The largest absolute Gasteiger partial charge is 0.422 e. The molecule has 6 nitrogen and oxygen atoms in total. The zero-order valence-corrected chi connectivity index (χ0v) is 15.0. The summed E-state index contributed by atoms with van der Waals surface area (Å²) in [6.07, 6.45) is -4.99. The molecule has 1 aromatic heterocycles. The fourth-order valence-corrected chi connectivity index (χ4v) is 3.23. The first kappa shape index (κ1) is 19.4. The Morgan fingerprint density at radius 1 is 1.19 bits per heavy atom. The van der Waals surface area contributed by atoms with Crippen molar-refractivity contribution in [2.45, 2.75) is 18.7 Å². The summed E-state index contributed by atoms with van der Waals surface area (Å²) in [5.74, 6) is 0. The number of non-ortho nitro benzene ring substituents is 1. The molecule has 27 heavy (non-hydrogen) atoms. The number of hydrogen-bond acceptors (Lipinski definition) is 4. The van der Waals surface area contributed by atoms with E-state index in [1.165, 1.54) is 18.2 Å². The highest BCUT2D eigenvalue weighted by Crippen LogP contribution is 2.42. The van der Waals surface area contributed by atoms with E-state index in [1.807, 2.05) is 0 Å². The van der Waals surface area contributed by atoms with E-state index in [0.29, 0.717) is 6.92 Å². The molecule has 0 spiro atoms. The van der Waals surface area contributed by atoms with Crippen molar-refractivity contribution in [3.63, 3.8) is 0 Å². The van der Waals surface area contributed by atoms with Gasteiger partial charge >= 0.3 is 6.18 Å². The number of aliphatic hydroxyl groups is 1. The standard InChI is InChI=1S/C16H10Cl2F3N3O3/c1-15(25,16(19,20)21)14-9-4-2-3-5-12(9)23(22-14)13-10(17)6-8(24(26)27)7-11(13)18/h2-7,25H,1H3. The molecule has 0 radical (unpaired) electrons. The van der Waals surface area contributed by atoms with Gasteiger partial charge in [-0.05, 0) is 13.0 Å². The lowest BCUT2D eigenvalue weighted by atomic mass is 9.98. The van der Waals surface area contributed by atoms with Crippen LogP contribution in [0.25, 0.3) is 16.6 Å². The number of nitrogens with zero attached hydrogens (tertiary/aromatic N) is 3. The Bertz CT molecular complexity index is 1040. The molecule has 0 aliphatic heterocycles. The second-order valence-electron chi connectivity index (χ2n) is 5.86. The fraction of sp³-hybridized carbons (Fsp3) is 0.188. The van der Waals surface area contributed by atoms with Crippen molar-refractivity contribution in [2.24, 2.45) is 0 Å². The minimum atomic E-state index is -4.99. The van der Waals surface area contributed by atoms with Crippen molar-refractivity contribution in [2.75, 3.05) is 0 Å². The fourth-order valence-electron chi connectivity index (χ4n) is 2.59. The number of fused-ring (bicyclic) bond motifs is 1. The number of aromatic nitrogens is 2. The zero-order valence-electron chi connectivity index (χ0n) is 13.5. The van der Waals surface area contributed by atoms with Crippen LogP contribution in [0.1, 0.15) is 12.6 Å². The summed E-state index contributed by atoms with van der Waals surface area (Å²) >= 11 is 12.2. The van der Waals surface area contributed by atoms with Gasteiger partial charge in [0.05, 0.1) is 20.5 Å². The van der Waals surface area contributed by atoms with Gasteiger partial charge in [0.25, 0.3) is 5.69 Å². The molecule has 3 rings (SSSR count). The van der Waals surface area contributed by atoms with E-state index in [2.05, 4.69) is 5.10 Å². The number of benzene rings is 2. The summed E-state index contributed by atoms with van der Waals surface area (Å²) < 4.78 is 41.0. The summed E-state index contributed by atoms with van der Waals surface area (Å²) in [7, 11) is 0. The number of halogens is 5. The molecule has 11 heteroatoms. The third kappa shape index (κ3) is 3.11. The number of hydrogen-bond donors (Lipinski definition) is 1. The van der Waals surface area contributed by atoms with Crippen LogP contribution >= 0.6 is 23.2 Å². The van der Waals surface area contributed by atoms with Gasteiger partial charge in [-0.15, -0.1) is 0 Å². The third-order valence-electron chi connectivity index (χ3n) is 4.02. The first-order valence-corrected chi connectivity index (χ1v) is 8.12. The number of rotatable bonds is 3. The van der Waals surface area contributed by atoms with Crippen molar-refractivity contribution in [3.05, 3.63) is 62.3 Å². The summed E-state index contributed by atoms with van der Waals surface area (Å²) in [6.45, 7) is 0.588. The van der Waals surface area contributed by atoms with Crippen molar-refractivity contribution in [1.29, 1.82) is 0 Å². The van der Waals surface area contributed by atoms with Crippen molar-refractivity contribution in [3.8, 4) is 5.69 Å². The molecular weight excluding hydrogens is 410 g/mol. The third-order valence-corrected chi connectivity index (χ3v) is 4.60. The van der Waals surface area contributed by atoms with E-state index >= 15 is 0 Å². The van der Waals surface area contributed by atoms with Gasteiger partial charge in [-0.2, -0.15) is 18.3 Å². The number of nitro groups is 1. The number of alkyl halides is 3. The molecule has 0 saturated heterocycles. The molecule has 0 bridgehead atoms. The molecule has 0 fully saturated rings. The van der Waals surface area contributed by atoms with Gasteiger partial charge in [0.2, 0.25) is 5.60 Å². The summed E-state index contributed by atoms with van der Waals surface area (Å²) in [5, 5.41) is 24.6. The SMILES string of the molecule is CC(O)(c1nn(-c2c(Cl)cc([N+](=O)[O-])cc2Cl)c2ccccc12)C(F)(F)F. The van der Waals surface area contributed by atoms with Crippen LogP contribution in [0.3, 0.4) is 0 Å². The lowest BCUT2D eigenvalue weighted by Crippen LogP contribution is -2.39. The molecule has 0 amide bonds. The van der Waals surface area contributed by atoms with Crippen LogP contribution in [0.15, 0.2) is 36.4 Å². The molecule has 1 atom stereocenters. The highest BCUT2D eigenvalue weighted by Gasteiger charge is 2.53. The Morgan fingerprint density at radius 2 is 1.74 bits per heavy atom. The van der Waals surface area contributed by atoms with Gasteiger partial charge in [0.15, 0.2) is 0 Å². The smallest absolute Gasteiger partial charge is 0.375 e. The Morgan fingerprint density at radius 3 is 2.26 bits per heavy atom. The van der Waals surface area contributed by atoms with Crippen LogP contribution in [0.4, 0.5) is 18.9 Å². The van der Waals surface area contributed by atoms with Crippen LogP contribution in [0, 0.1) is 10.1 Å². The maximum atomic E-state index is 13.3. The van der Waals surface area contributed by atoms with Crippen LogP contribution in [-0.4, -0.2) is 26.0 Å². The van der Waals surface area contributed by atoms with Crippen molar-refractivity contribution >= 4 is 39.8 Å². The lowest BCUT2D eigenvalue weighted by Gasteiger charge is -2.24. The first-order valence-electron chi connectivity index (χ1n) is 7.36. The Labute approximate surface area is 159 Å². The van der Waals surface area contributed by atoms with Crippen molar-refractivity contribution < 1.29 is 23.2 Å². The maximum absolute atomic E-state index is 13.3. The van der Waals surface area contributed by atoms with Gasteiger partial charge < -0.3 is 5.11 Å². The topological polar surface area (TPSA) is 81.2 Å². The van der Waals surface area contributed by atoms with Crippen LogP contribution in [0.5, 0.6) is 0 Å². The molecule has 0 saturated carbocycles. The van der Waals surface area contributed by atoms with E-state index in [-0.39, 0.29) is 32.3 Å². The minimum absolute atomic E-state index is 0.0327. The van der Waals surface area contributed by atoms with E-state index in [1.54, 1.807) is 6.07 Å². The molecule has 1 unspecified atom stereocenters. The Hall–Kier alpha value is -2.36. The monoisotopic (exact) mass is 419 g/mol. The highest BCUT2D eigenvalue weighted by atomic mass is 35.5. The van der Waals surface area contributed by atoms with E-state index in [0.717, 1.165) is 16.8 Å². The summed E-state index contributed by atoms with van der Waals surface area (Å²) in [4.78, 5) is 10.2. The quantitative estimate of drug-likeness (QED) is 0.477. The second kappa shape index (κ2) is 6.36. The van der Waals surface area contributed by atoms with E-state index in [4.69, 9.17) is 23.2 Å². The zero-order chi connectivity index (χ0) is 20.1. The average molecular weight is 420 g/mol. The van der Waals surface area contributed by atoms with Crippen molar-refractivity contribution in [1.82, 2.24) is 9.78 Å². The predicted molar refractivity (Wildman–Crippen MR) is 93.4 cm³/mol. The molecule has 1 N–H and O–H groups in total. The first-order chi connectivity index (χ1) is 12.4. The van der Waals surface area contributed by atoms with Crippen LogP contribution < -0.4 is 0 Å². The molecular formula is C16H10Cl2F3N3O3. The normalized spacial score (nSPS) is 14.3. The molecule has 2 aromatic carbocycles. The number of nitro benzene ring substituents is 1. The second-order valence-corrected chi connectivity index (χ2v) is 6.68. The van der Waals surface area contributed by atoms with Crippen LogP contribution in [0.2, 0.25) is 10.0 Å². The Balaban J connectivity index is 2.34. The highest BCUT2D eigenvalue weighted by molar-refractivity contribution is 6.38. The van der Waals surface area contributed by atoms with Gasteiger partial charge in [0.1, 0.15) is 11.4 Å². The predicted octanol–water partition coefficient (Wildman–Crippen LogP) is 5.01. The lowest BCUT2D eigenvalue weighted by molar-refractivity contribution is -0.384. The van der Waals surface area contributed by atoms with Crippen LogP contribution in [-0.2, 0) is 5.60 Å². The molecule has 3 aromatic rings. The molecule has 0 aliphatic rings. The average Bonchev–Trinajstić information content (AvgIpc) is 2.93. The molecule has 0 aliphatic carbocycles. The van der Waals surface area contributed by atoms with Gasteiger partial charge in [-0.1, -0.05) is 41.4 Å². The summed E-state index contributed by atoms with van der Waals surface area (Å²) in [5.41, 5.74) is -4.11. The maximum Gasteiger partial charge on any atom is 0.422 e.